The molecule has 21 heteroatoms. The van der Waals surface area contributed by atoms with E-state index in [-0.39, 0.29) is 55.1 Å². The lowest BCUT2D eigenvalue weighted by atomic mass is 9.92. The quantitative estimate of drug-likeness (QED) is 0.0861. The number of hydrogen-bond donors (Lipinski definition) is 5. The van der Waals surface area contributed by atoms with Crippen LogP contribution in [0, 0.1) is 27.7 Å². The molecule has 2 aliphatic carbocycles. The van der Waals surface area contributed by atoms with Crippen LogP contribution in [0.3, 0.4) is 0 Å². The molecule has 4 aliphatic rings. The molecule has 360 valence electrons. The molecule has 0 radical (unpaired) electrons. The van der Waals surface area contributed by atoms with Crippen LogP contribution in [-0.4, -0.2) is 136 Å². The third kappa shape index (κ3) is 14.4. The molecule has 2 aliphatic heterocycles. The topological polar surface area (TPSA) is 185 Å². The molecule has 4 aromatic rings. The fourth-order valence-electron chi connectivity index (χ4n) is 8.08. The van der Waals surface area contributed by atoms with Gasteiger partial charge in [-0.1, -0.05) is 11.6 Å². The number of anilines is 3. The van der Waals surface area contributed by atoms with E-state index in [0.717, 1.165) is 35.9 Å². The van der Waals surface area contributed by atoms with Crippen LogP contribution in [0.25, 0.3) is 11.9 Å². The van der Waals surface area contributed by atoms with Gasteiger partial charge >= 0.3 is 0 Å². The molecule has 8 rings (SSSR count). The third-order valence-corrected chi connectivity index (χ3v) is 12.0. The molecule has 5 N–H and O–H groups in total. The maximum absolute atomic E-state index is 13.6. The van der Waals surface area contributed by atoms with Gasteiger partial charge < -0.3 is 40.5 Å². The second kappa shape index (κ2) is 20.8. The summed E-state index contributed by atoms with van der Waals surface area (Å²) in [6, 6.07) is 7.21. The zero-order valence-corrected chi connectivity index (χ0v) is 39.4. The van der Waals surface area contributed by atoms with Crippen LogP contribution in [0.1, 0.15) is 102 Å². The Morgan fingerprint density at radius 3 is 1.60 bits per heavy atom. The minimum absolute atomic E-state index is 0.0334. The SMILES string of the molecule is CC(C)(O)C1CNCCO1.Cc1cc(C)n(-c2nc(Cl)cc(NC3CCC(F)(F)CC3)n2)n1.Cc1cc(C)n(-c2nc(NC3CCC(F)(F)CC3)cc(N3CCOC(C(C)(C)O)C3)n2)n1. The Morgan fingerprint density at radius 2 is 1.17 bits per heavy atom. The van der Waals surface area contributed by atoms with Gasteiger partial charge in [-0.25, -0.2) is 26.9 Å². The van der Waals surface area contributed by atoms with Crippen LogP contribution in [-0.2, 0) is 9.47 Å². The van der Waals surface area contributed by atoms with Gasteiger partial charge in [0.2, 0.25) is 11.8 Å². The van der Waals surface area contributed by atoms with E-state index in [1.54, 1.807) is 43.1 Å². The summed E-state index contributed by atoms with van der Waals surface area (Å²) in [5, 5.41) is 38.7. The Bertz CT molecular complexity index is 2170. The number of alkyl halides is 4. The Balaban J connectivity index is 0.000000184. The number of nitrogens with one attached hydrogen (secondary N) is 3. The number of rotatable bonds is 9. The van der Waals surface area contributed by atoms with Crippen LogP contribution in [0.4, 0.5) is 35.0 Å². The average Bonchev–Trinajstić information content (AvgIpc) is 3.77. The van der Waals surface area contributed by atoms with Crippen molar-refractivity contribution < 1.29 is 37.2 Å². The van der Waals surface area contributed by atoms with Crippen molar-refractivity contribution in [3.8, 4) is 11.9 Å². The molecule has 65 heavy (non-hydrogen) atoms. The number of morpholine rings is 2. The Labute approximate surface area is 383 Å². The predicted molar refractivity (Wildman–Crippen MR) is 241 cm³/mol. The zero-order chi connectivity index (χ0) is 47.3. The number of aryl methyl sites for hydroxylation is 4. The summed E-state index contributed by atoms with van der Waals surface area (Å²) >= 11 is 6.07. The Kier molecular flexibility index (Phi) is 16.0. The highest BCUT2D eigenvalue weighted by atomic mass is 35.5. The van der Waals surface area contributed by atoms with Gasteiger partial charge in [-0.05, 0) is 93.2 Å². The van der Waals surface area contributed by atoms with E-state index in [4.69, 9.17) is 26.1 Å². The molecule has 6 heterocycles. The molecule has 2 atom stereocenters. The lowest BCUT2D eigenvalue weighted by Gasteiger charge is -2.39. The molecule has 16 nitrogen and oxygen atoms in total. The van der Waals surface area contributed by atoms with Crippen molar-refractivity contribution in [1.29, 1.82) is 0 Å². The van der Waals surface area contributed by atoms with Crippen molar-refractivity contribution in [2.24, 2.45) is 0 Å². The second-order valence-corrected chi connectivity index (χ2v) is 19.1. The van der Waals surface area contributed by atoms with Gasteiger partial charge in [0.15, 0.2) is 0 Å². The summed E-state index contributed by atoms with van der Waals surface area (Å²) in [6.07, 6.45) is 0.726. The fourth-order valence-corrected chi connectivity index (χ4v) is 8.26. The highest BCUT2D eigenvalue weighted by molar-refractivity contribution is 6.29. The standard InChI is InChI=1S/C22H32F2N6O2.C15H18ClF2N5.C7H15NO2/c1-14-11-15(2)30(28-14)20-26-18(25-16-5-7-22(23,24)8-6-16)12-19(27-20)29-9-10-32-17(13-29)21(3,4)31;1-9-7-10(2)23(22-9)14-20-12(16)8-13(21-14)19-11-3-5-15(17,18)6-4-11;1-7(2,9)6-5-8-3-4-10-6/h11-12,16-17,31H,5-10,13H2,1-4H3,(H,25,26,27);7-8,11H,3-6H2,1-2H3,(H,19,20,21);6,8-9H,3-5H2,1-2H3. The number of halogens is 5. The van der Waals surface area contributed by atoms with E-state index < -0.39 is 23.0 Å². The maximum Gasteiger partial charge on any atom is 0.254 e. The molecule has 4 aromatic heterocycles. The number of ether oxygens (including phenoxy) is 2. The van der Waals surface area contributed by atoms with E-state index in [1.807, 2.05) is 45.9 Å². The Hall–Kier alpha value is -4.21. The van der Waals surface area contributed by atoms with Gasteiger partial charge in [0.05, 0.1) is 41.9 Å². The minimum atomic E-state index is -2.58. The fraction of sp³-hybridized carbons (Fsp3) is 0.682. The lowest BCUT2D eigenvalue weighted by molar-refractivity contribution is -0.0989. The smallest absolute Gasteiger partial charge is 0.254 e. The molecule has 2 saturated carbocycles. The first-order valence-electron chi connectivity index (χ1n) is 22.4. The van der Waals surface area contributed by atoms with E-state index in [1.165, 1.54) is 0 Å². The number of aromatic nitrogens is 8. The molecular formula is C44H65ClF4N12O4. The Morgan fingerprint density at radius 1 is 0.692 bits per heavy atom. The van der Waals surface area contributed by atoms with Gasteiger partial charge in [0.1, 0.15) is 28.7 Å². The molecule has 2 saturated heterocycles. The maximum atomic E-state index is 13.6. The summed E-state index contributed by atoms with van der Waals surface area (Å²) in [5.41, 5.74) is 1.81. The third-order valence-electron chi connectivity index (χ3n) is 11.8. The monoisotopic (exact) mass is 936 g/mol. The first-order valence-corrected chi connectivity index (χ1v) is 22.7. The molecule has 2 unspecified atom stereocenters. The van der Waals surface area contributed by atoms with Crippen LogP contribution >= 0.6 is 11.6 Å². The van der Waals surface area contributed by atoms with Crippen LogP contribution in [0.2, 0.25) is 5.15 Å². The van der Waals surface area contributed by atoms with Crippen LogP contribution in [0.5, 0.6) is 0 Å². The summed E-state index contributed by atoms with van der Waals surface area (Å²) in [7, 11) is 0. The predicted octanol–water partition coefficient (Wildman–Crippen LogP) is 6.91. The van der Waals surface area contributed by atoms with Gasteiger partial charge in [0.25, 0.3) is 11.9 Å². The van der Waals surface area contributed by atoms with Gasteiger partial charge in [0, 0.05) is 87.5 Å². The van der Waals surface area contributed by atoms with Crippen molar-refractivity contribution in [2.75, 3.05) is 54.9 Å². The van der Waals surface area contributed by atoms with E-state index >= 15 is 0 Å². The normalized spacial score (nSPS) is 21.7. The van der Waals surface area contributed by atoms with Crippen LogP contribution in [0.15, 0.2) is 24.3 Å². The van der Waals surface area contributed by atoms with Crippen molar-refractivity contribution in [3.05, 3.63) is 52.2 Å². The highest BCUT2D eigenvalue weighted by Crippen LogP contribution is 2.36. The minimum Gasteiger partial charge on any atom is -0.388 e. The molecule has 0 spiro atoms. The second-order valence-electron chi connectivity index (χ2n) is 18.7. The van der Waals surface area contributed by atoms with Crippen molar-refractivity contribution in [1.82, 2.24) is 44.8 Å². The molecule has 0 aromatic carbocycles. The van der Waals surface area contributed by atoms with Crippen molar-refractivity contribution >= 4 is 29.1 Å². The summed E-state index contributed by atoms with van der Waals surface area (Å²) in [5.74, 6) is -2.54. The van der Waals surface area contributed by atoms with Crippen LogP contribution < -0.4 is 20.9 Å². The number of aliphatic hydroxyl groups is 2. The first kappa shape index (κ1) is 50.2. The largest absolute Gasteiger partial charge is 0.388 e. The zero-order valence-electron chi connectivity index (χ0n) is 38.6. The molecular weight excluding hydrogens is 872 g/mol. The molecule has 4 fully saturated rings. The van der Waals surface area contributed by atoms with Gasteiger partial charge in [-0.15, -0.1) is 0 Å². The van der Waals surface area contributed by atoms with Crippen molar-refractivity contribution in [2.45, 2.75) is 154 Å². The number of nitrogens with zero attached hydrogens (tertiary/aromatic N) is 9. The summed E-state index contributed by atoms with van der Waals surface area (Å²) in [4.78, 5) is 20.1. The summed E-state index contributed by atoms with van der Waals surface area (Å²) < 4.78 is 68.0. The first-order chi connectivity index (χ1) is 30.4. The highest BCUT2D eigenvalue weighted by Gasteiger charge is 2.37. The number of hydrogen-bond acceptors (Lipinski definition) is 14. The van der Waals surface area contributed by atoms with Crippen molar-refractivity contribution in [3.63, 3.8) is 0 Å². The van der Waals surface area contributed by atoms with E-state index in [0.29, 0.717) is 81.3 Å². The van der Waals surface area contributed by atoms with Gasteiger partial charge in [-0.2, -0.15) is 30.1 Å². The molecule has 0 bridgehead atoms. The van der Waals surface area contributed by atoms with E-state index in [9.17, 15) is 27.8 Å². The van der Waals surface area contributed by atoms with Gasteiger partial charge in [-0.3, -0.25) is 0 Å². The van der Waals surface area contributed by atoms with E-state index in [2.05, 4.69) is 46.0 Å². The average molecular weight is 938 g/mol. The lowest BCUT2D eigenvalue weighted by Crippen LogP contribution is -2.52. The molecule has 0 amide bonds. The summed E-state index contributed by atoms with van der Waals surface area (Å²) in [6.45, 7) is 18.5.